The van der Waals surface area contributed by atoms with Crippen molar-refractivity contribution >= 4 is 22.4 Å². The van der Waals surface area contributed by atoms with E-state index in [4.69, 9.17) is 4.74 Å². The van der Waals surface area contributed by atoms with Crippen LogP contribution in [0.5, 0.6) is 5.75 Å². The number of nitrogens with zero attached hydrogens (tertiary/aromatic N) is 1. The molecule has 0 spiro atoms. The van der Waals surface area contributed by atoms with Crippen LogP contribution in [0.4, 0.5) is 0 Å². The summed E-state index contributed by atoms with van der Waals surface area (Å²) >= 11 is 0. The van der Waals surface area contributed by atoms with Crippen molar-refractivity contribution in [1.29, 1.82) is 0 Å². The molecule has 3 aromatic rings. The van der Waals surface area contributed by atoms with Gasteiger partial charge in [0, 0.05) is 35.8 Å². The number of rotatable bonds is 7. The Morgan fingerprint density at radius 1 is 1.23 bits per heavy atom. The molecular formula is C25H29N3O2. The van der Waals surface area contributed by atoms with Crippen molar-refractivity contribution in [3.63, 3.8) is 0 Å². The molecule has 1 aliphatic heterocycles. The molecule has 2 heterocycles. The molecule has 1 amide bonds. The monoisotopic (exact) mass is 403 g/mol. The second-order valence-electron chi connectivity index (χ2n) is 7.85. The number of aromatic amines is 1. The molecule has 1 aromatic heterocycles. The molecule has 0 unspecified atom stereocenters. The maximum atomic E-state index is 12.6. The number of para-hydroxylation sites is 1. The number of amides is 1. The van der Waals surface area contributed by atoms with Crippen molar-refractivity contribution in [3.8, 4) is 5.75 Å². The lowest BCUT2D eigenvalue weighted by atomic mass is 9.98. The third-order valence-electron chi connectivity index (χ3n) is 5.76. The van der Waals surface area contributed by atoms with Crippen molar-refractivity contribution < 1.29 is 9.53 Å². The van der Waals surface area contributed by atoms with Gasteiger partial charge in [0.2, 0.25) is 5.91 Å². The number of nitrogens with one attached hydrogen (secondary N) is 2. The van der Waals surface area contributed by atoms with Crippen LogP contribution in [0.15, 0.2) is 60.8 Å². The predicted octanol–water partition coefficient (Wildman–Crippen LogP) is 4.15. The van der Waals surface area contributed by atoms with E-state index in [0.29, 0.717) is 13.2 Å². The van der Waals surface area contributed by atoms with Gasteiger partial charge in [-0.3, -0.25) is 9.69 Å². The van der Waals surface area contributed by atoms with Gasteiger partial charge in [0.25, 0.3) is 0 Å². The molecule has 2 aromatic carbocycles. The van der Waals surface area contributed by atoms with Crippen molar-refractivity contribution in [2.45, 2.75) is 26.3 Å². The Hall–Kier alpha value is -3.05. The largest absolute Gasteiger partial charge is 0.492 e. The molecule has 0 aliphatic carbocycles. The molecule has 0 saturated heterocycles. The van der Waals surface area contributed by atoms with Crippen molar-refractivity contribution in [1.82, 2.24) is 15.2 Å². The number of aryl methyl sites for hydroxylation is 1. The minimum Gasteiger partial charge on any atom is -0.492 e. The average Bonchev–Trinajstić information content (AvgIpc) is 3.20. The van der Waals surface area contributed by atoms with Gasteiger partial charge in [0.05, 0.1) is 12.6 Å². The van der Waals surface area contributed by atoms with Gasteiger partial charge in [-0.05, 0) is 49.6 Å². The van der Waals surface area contributed by atoms with Crippen LogP contribution in [-0.2, 0) is 4.79 Å². The Morgan fingerprint density at radius 3 is 2.90 bits per heavy atom. The SMILES string of the molecule is Cc1cccc(OCCNC(=O)[C@H](C)N2CC=C(c3c[nH]c4ccccc34)CC2)c1. The van der Waals surface area contributed by atoms with Crippen LogP contribution in [0.25, 0.3) is 16.5 Å². The van der Waals surface area contributed by atoms with Gasteiger partial charge in [-0.1, -0.05) is 36.4 Å². The van der Waals surface area contributed by atoms with Crippen LogP contribution in [0.1, 0.15) is 24.5 Å². The van der Waals surface area contributed by atoms with Gasteiger partial charge >= 0.3 is 0 Å². The third kappa shape index (κ3) is 4.57. The predicted molar refractivity (Wildman–Crippen MR) is 122 cm³/mol. The van der Waals surface area contributed by atoms with Crippen molar-refractivity contribution in [2.24, 2.45) is 0 Å². The van der Waals surface area contributed by atoms with Crippen LogP contribution in [0, 0.1) is 6.92 Å². The van der Waals surface area contributed by atoms with Gasteiger partial charge < -0.3 is 15.0 Å². The molecule has 1 aliphatic rings. The van der Waals surface area contributed by atoms with Gasteiger partial charge in [0.15, 0.2) is 0 Å². The highest BCUT2D eigenvalue weighted by molar-refractivity contribution is 5.92. The maximum absolute atomic E-state index is 12.6. The highest BCUT2D eigenvalue weighted by Crippen LogP contribution is 2.29. The highest BCUT2D eigenvalue weighted by atomic mass is 16.5. The summed E-state index contributed by atoms with van der Waals surface area (Å²) in [5.74, 6) is 0.884. The molecule has 0 bridgehead atoms. The van der Waals surface area contributed by atoms with E-state index in [0.717, 1.165) is 36.3 Å². The van der Waals surface area contributed by atoms with E-state index in [1.807, 2.05) is 44.2 Å². The minimum atomic E-state index is -0.162. The van der Waals surface area contributed by atoms with Crippen LogP contribution in [0.3, 0.4) is 0 Å². The molecule has 0 saturated carbocycles. The zero-order valence-corrected chi connectivity index (χ0v) is 17.7. The van der Waals surface area contributed by atoms with E-state index in [-0.39, 0.29) is 11.9 Å². The number of carbonyl (C=O) groups is 1. The van der Waals surface area contributed by atoms with E-state index in [1.54, 1.807) is 0 Å². The van der Waals surface area contributed by atoms with E-state index in [9.17, 15) is 4.79 Å². The minimum absolute atomic E-state index is 0.0480. The Balaban J connectivity index is 1.27. The summed E-state index contributed by atoms with van der Waals surface area (Å²) in [5, 5.41) is 4.26. The summed E-state index contributed by atoms with van der Waals surface area (Å²) in [6.07, 6.45) is 5.29. The number of ether oxygens (including phenoxy) is 1. The molecule has 5 heteroatoms. The van der Waals surface area contributed by atoms with Gasteiger partial charge in [-0.25, -0.2) is 0 Å². The van der Waals surface area contributed by atoms with Gasteiger partial charge in [0.1, 0.15) is 12.4 Å². The van der Waals surface area contributed by atoms with E-state index in [2.05, 4.69) is 45.7 Å². The lowest BCUT2D eigenvalue weighted by Crippen LogP contribution is -2.47. The summed E-state index contributed by atoms with van der Waals surface area (Å²) in [6, 6.07) is 16.2. The first-order valence-corrected chi connectivity index (χ1v) is 10.6. The molecule has 5 nitrogen and oxygen atoms in total. The van der Waals surface area contributed by atoms with Crippen LogP contribution in [-0.4, -0.2) is 48.1 Å². The molecule has 30 heavy (non-hydrogen) atoms. The number of H-pyrrole nitrogens is 1. The average molecular weight is 404 g/mol. The quantitative estimate of drug-likeness (QED) is 0.583. The number of hydrogen-bond donors (Lipinski definition) is 2. The van der Waals surface area contributed by atoms with E-state index < -0.39 is 0 Å². The lowest BCUT2D eigenvalue weighted by Gasteiger charge is -2.31. The second kappa shape index (κ2) is 9.18. The molecule has 156 valence electrons. The number of hydrogen-bond acceptors (Lipinski definition) is 3. The number of fused-ring (bicyclic) bond motifs is 1. The first-order chi connectivity index (χ1) is 14.6. The van der Waals surface area contributed by atoms with Crippen molar-refractivity contribution in [2.75, 3.05) is 26.2 Å². The molecule has 0 fully saturated rings. The standard InChI is InChI=1S/C25H29N3O2/c1-18-6-5-7-21(16-18)30-15-12-26-25(29)19(2)28-13-10-20(11-14-28)23-17-27-24-9-4-3-8-22(23)24/h3-10,16-17,19,27H,11-15H2,1-2H3,(H,26,29)/t19-/m0/s1. The number of aromatic nitrogens is 1. The smallest absolute Gasteiger partial charge is 0.237 e. The molecule has 1 atom stereocenters. The fourth-order valence-corrected chi connectivity index (χ4v) is 3.98. The summed E-state index contributed by atoms with van der Waals surface area (Å²) in [4.78, 5) is 18.1. The topological polar surface area (TPSA) is 57.4 Å². The third-order valence-corrected chi connectivity index (χ3v) is 5.76. The normalized spacial score (nSPS) is 15.6. The summed E-state index contributed by atoms with van der Waals surface area (Å²) in [5.41, 5.74) is 4.95. The van der Waals surface area contributed by atoms with E-state index in [1.165, 1.54) is 16.5 Å². The Morgan fingerprint density at radius 2 is 2.10 bits per heavy atom. The zero-order valence-electron chi connectivity index (χ0n) is 17.7. The maximum Gasteiger partial charge on any atom is 0.237 e. The van der Waals surface area contributed by atoms with Crippen LogP contribution >= 0.6 is 0 Å². The number of carbonyl (C=O) groups excluding carboxylic acids is 1. The first-order valence-electron chi connectivity index (χ1n) is 10.6. The lowest BCUT2D eigenvalue weighted by molar-refractivity contribution is -0.125. The fraction of sp³-hybridized carbons (Fsp3) is 0.320. The summed E-state index contributed by atoms with van der Waals surface area (Å²) in [6.45, 7) is 6.63. The van der Waals surface area contributed by atoms with Gasteiger partial charge in [-0.2, -0.15) is 0 Å². The second-order valence-corrected chi connectivity index (χ2v) is 7.85. The van der Waals surface area contributed by atoms with Crippen LogP contribution in [0.2, 0.25) is 0 Å². The van der Waals surface area contributed by atoms with Gasteiger partial charge in [-0.15, -0.1) is 0 Å². The van der Waals surface area contributed by atoms with Crippen molar-refractivity contribution in [3.05, 3.63) is 71.9 Å². The Bertz CT molecular complexity index is 1050. The van der Waals surface area contributed by atoms with Crippen LogP contribution < -0.4 is 10.1 Å². The molecule has 0 radical (unpaired) electrons. The Labute approximate surface area is 177 Å². The molecular weight excluding hydrogens is 374 g/mol. The fourth-order valence-electron chi connectivity index (χ4n) is 3.98. The number of benzene rings is 2. The molecule has 4 rings (SSSR count). The summed E-state index contributed by atoms with van der Waals surface area (Å²) < 4.78 is 5.71. The Kier molecular flexibility index (Phi) is 6.19. The van der Waals surface area contributed by atoms with E-state index >= 15 is 0 Å². The highest BCUT2D eigenvalue weighted by Gasteiger charge is 2.23. The first kappa shape index (κ1) is 20.2. The molecule has 2 N–H and O–H groups in total. The summed E-state index contributed by atoms with van der Waals surface area (Å²) in [7, 11) is 0. The zero-order chi connectivity index (χ0) is 20.9.